The lowest BCUT2D eigenvalue weighted by molar-refractivity contribution is 0.0601. The molecule has 3 heterocycles. The number of carbonyl (C=O) groups excluding carboxylic acids is 1. The van der Waals surface area contributed by atoms with E-state index in [1.165, 1.54) is 16.6 Å². The van der Waals surface area contributed by atoms with Gasteiger partial charge in [0.15, 0.2) is 0 Å². The van der Waals surface area contributed by atoms with Crippen LogP contribution in [0.1, 0.15) is 22.2 Å². The van der Waals surface area contributed by atoms with Crippen molar-refractivity contribution in [2.24, 2.45) is 0 Å². The maximum atomic E-state index is 13.1. The molecule has 2 aliphatic heterocycles. The lowest BCUT2D eigenvalue weighted by atomic mass is 10.0. The van der Waals surface area contributed by atoms with E-state index >= 15 is 0 Å². The summed E-state index contributed by atoms with van der Waals surface area (Å²) in [6.45, 7) is 1.52. The number of anilines is 1. The van der Waals surface area contributed by atoms with E-state index in [-0.39, 0.29) is 12.1 Å². The average molecular weight is 333 g/mol. The maximum absolute atomic E-state index is 13.1. The quantitative estimate of drug-likeness (QED) is 0.686. The molecule has 0 fully saturated rings. The highest BCUT2D eigenvalue weighted by Crippen LogP contribution is 2.42. The van der Waals surface area contributed by atoms with Crippen molar-refractivity contribution in [3.8, 4) is 5.75 Å². The Bertz CT molecular complexity index is 1010. The summed E-state index contributed by atoms with van der Waals surface area (Å²) >= 11 is 0. The van der Waals surface area contributed by atoms with Crippen molar-refractivity contribution in [3.05, 3.63) is 59.8 Å². The Morgan fingerprint density at radius 3 is 2.76 bits per heavy atom. The summed E-state index contributed by atoms with van der Waals surface area (Å²) in [7, 11) is 3.68. The first kappa shape index (κ1) is 14.4. The van der Waals surface area contributed by atoms with Gasteiger partial charge in [-0.15, -0.1) is 0 Å². The van der Waals surface area contributed by atoms with Crippen LogP contribution in [0, 0.1) is 0 Å². The Labute approximate surface area is 146 Å². The monoisotopic (exact) mass is 333 g/mol. The molecule has 1 aromatic heterocycles. The minimum absolute atomic E-state index is 0.0745. The molecule has 1 atom stereocenters. The highest BCUT2D eigenvalue weighted by atomic mass is 16.5. The van der Waals surface area contributed by atoms with Gasteiger partial charge in [0.1, 0.15) is 11.9 Å². The summed E-state index contributed by atoms with van der Waals surface area (Å²) in [5.74, 6) is 0.790. The number of benzene rings is 2. The van der Waals surface area contributed by atoms with Gasteiger partial charge in [-0.25, -0.2) is 0 Å². The third-order valence-corrected chi connectivity index (χ3v) is 5.41. The van der Waals surface area contributed by atoms with E-state index in [9.17, 15) is 4.79 Å². The minimum Gasteiger partial charge on any atom is -0.497 e. The lowest BCUT2D eigenvalue weighted by Gasteiger charge is -2.46. The van der Waals surface area contributed by atoms with Crippen molar-refractivity contribution in [3.63, 3.8) is 0 Å². The van der Waals surface area contributed by atoms with Gasteiger partial charge in [0, 0.05) is 31.0 Å². The number of para-hydroxylation sites is 1. The number of fused-ring (bicyclic) bond motifs is 6. The number of carbonyl (C=O) groups is 1. The number of amides is 1. The smallest absolute Gasteiger partial charge is 0.258 e. The van der Waals surface area contributed by atoms with Crippen molar-refractivity contribution in [2.45, 2.75) is 12.7 Å². The molecule has 1 unspecified atom stereocenters. The van der Waals surface area contributed by atoms with Crippen LogP contribution < -0.4 is 9.64 Å². The minimum atomic E-state index is -0.0745. The molecule has 0 saturated carbocycles. The molecule has 2 aliphatic rings. The molecule has 0 N–H and O–H groups in total. The fourth-order valence-electron chi connectivity index (χ4n) is 4.21. The zero-order chi connectivity index (χ0) is 17.1. The highest BCUT2D eigenvalue weighted by molar-refractivity contribution is 6.02. The lowest BCUT2D eigenvalue weighted by Crippen LogP contribution is -2.52. The van der Waals surface area contributed by atoms with Crippen LogP contribution in [0.15, 0.2) is 48.5 Å². The Morgan fingerprint density at radius 2 is 1.92 bits per heavy atom. The predicted octanol–water partition coefficient (Wildman–Crippen LogP) is 3.25. The molecule has 3 aromatic rings. The number of aromatic nitrogens is 1. The molecular weight excluding hydrogens is 314 g/mol. The van der Waals surface area contributed by atoms with Gasteiger partial charge in [-0.05, 0) is 30.3 Å². The van der Waals surface area contributed by atoms with Gasteiger partial charge >= 0.3 is 0 Å². The largest absolute Gasteiger partial charge is 0.497 e. The van der Waals surface area contributed by atoms with Crippen LogP contribution in [0.3, 0.4) is 0 Å². The molecule has 25 heavy (non-hydrogen) atoms. The van der Waals surface area contributed by atoms with Gasteiger partial charge in [0.25, 0.3) is 5.91 Å². The molecule has 0 radical (unpaired) electrons. The normalized spacial score (nSPS) is 18.8. The number of hydrogen-bond donors (Lipinski definition) is 0. The topological polar surface area (TPSA) is 37.7 Å². The molecule has 126 valence electrons. The number of rotatable bonds is 1. The molecule has 0 saturated heterocycles. The van der Waals surface area contributed by atoms with E-state index < -0.39 is 0 Å². The van der Waals surface area contributed by atoms with Crippen molar-refractivity contribution in [1.82, 2.24) is 9.47 Å². The SMILES string of the molecule is COc1ccc2c(c1)C(=O)N1CCn3c(cc4ccccc43)C1N2C. The summed E-state index contributed by atoms with van der Waals surface area (Å²) in [5, 5.41) is 1.22. The first-order valence-corrected chi connectivity index (χ1v) is 8.49. The van der Waals surface area contributed by atoms with E-state index in [0.717, 1.165) is 12.2 Å². The van der Waals surface area contributed by atoms with E-state index in [1.807, 2.05) is 23.1 Å². The standard InChI is InChI=1S/C20H19N3O2/c1-21-17-8-7-14(25-2)12-15(17)20(24)23-10-9-22-16-6-4-3-5-13(16)11-18(22)19(21)23/h3-8,11-12,19H,9-10H2,1-2H3. The second-order valence-corrected chi connectivity index (χ2v) is 6.65. The molecular formula is C20H19N3O2. The summed E-state index contributed by atoms with van der Waals surface area (Å²) < 4.78 is 7.64. The fourth-order valence-corrected chi connectivity index (χ4v) is 4.21. The van der Waals surface area contributed by atoms with Crippen LogP contribution in [-0.2, 0) is 6.54 Å². The second-order valence-electron chi connectivity index (χ2n) is 6.65. The van der Waals surface area contributed by atoms with Crippen LogP contribution in [0.5, 0.6) is 5.75 Å². The zero-order valence-corrected chi connectivity index (χ0v) is 14.3. The Hall–Kier alpha value is -2.95. The zero-order valence-electron chi connectivity index (χ0n) is 14.3. The third kappa shape index (κ3) is 1.86. The average Bonchev–Trinajstić information content (AvgIpc) is 3.03. The van der Waals surface area contributed by atoms with Gasteiger partial charge in [-0.1, -0.05) is 18.2 Å². The number of ether oxygens (including phenoxy) is 1. The van der Waals surface area contributed by atoms with E-state index in [4.69, 9.17) is 4.74 Å². The van der Waals surface area contributed by atoms with E-state index in [1.54, 1.807) is 7.11 Å². The Kier molecular flexibility index (Phi) is 2.89. The molecule has 5 rings (SSSR count). The molecule has 5 heteroatoms. The van der Waals surface area contributed by atoms with Gasteiger partial charge in [0.05, 0.1) is 24.1 Å². The summed E-state index contributed by atoms with van der Waals surface area (Å²) in [4.78, 5) is 17.3. The Balaban J connectivity index is 1.70. The van der Waals surface area contributed by atoms with Gasteiger partial charge in [-0.3, -0.25) is 4.79 Å². The second kappa shape index (κ2) is 5.02. The molecule has 0 aliphatic carbocycles. The predicted molar refractivity (Wildman–Crippen MR) is 97.1 cm³/mol. The molecule has 1 amide bonds. The first-order valence-electron chi connectivity index (χ1n) is 8.49. The van der Waals surface area contributed by atoms with Gasteiger partial charge in [-0.2, -0.15) is 0 Å². The first-order chi connectivity index (χ1) is 12.2. The Morgan fingerprint density at radius 1 is 1.08 bits per heavy atom. The van der Waals surface area contributed by atoms with Crippen molar-refractivity contribution in [2.75, 3.05) is 25.6 Å². The van der Waals surface area contributed by atoms with Crippen molar-refractivity contribution >= 4 is 22.5 Å². The molecule has 5 nitrogen and oxygen atoms in total. The third-order valence-electron chi connectivity index (χ3n) is 5.41. The summed E-state index contributed by atoms with van der Waals surface area (Å²) in [6.07, 6.45) is -0.0745. The van der Waals surface area contributed by atoms with Gasteiger partial charge in [0.2, 0.25) is 0 Å². The molecule has 0 spiro atoms. The van der Waals surface area contributed by atoms with Gasteiger partial charge < -0.3 is 19.1 Å². The molecule has 2 aromatic carbocycles. The number of methoxy groups -OCH3 is 1. The summed E-state index contributed by atoms with van der Waals surface area (Å²) in [6, 6.07) is 16.4. The van der Waals surface area contributed by atoms with Crippen LogP contribution >= 0.6 is 0 Å². The highest BCUT2D eigenvalue weighted by Gasteiger charge is 2.40. The number of hydrogen-bond acceptors (Lipinski definition) is 3. The maximum Gasteiger partial charge on any atom is 0.258 e. The number of nitrogens with zero attached hydrogens (tertiary/aromatic N) is 3. The van der Waals surface area contributed by atoms with Crippen molar-refractivity contribution < 1.29 is 9.53 Å². The van der Waals surface area contributed by atoms with E-state index in [2.05, 4.69) is 46.8 Å². The van der Waals surface area contributed by atoms with Crippen LogP contribution in [0.4, 0.5) is 5.69 Å². The van der Waals surface area contributed by atoms with Crippen LogP contribution in [0.25, 0.3) is 10.9 Å². The van der Waals surface area contributed by atoms with Crippen molar-refractivity contribution in [1.29, 1.82) is 0 Å². The summed E-state index contributed by atoms with van der Waals surface area (Å²) in [5.41, 5.74) is 4.07. The van der Waals surface area contributed by atoms with Crippen LogP contribution in [0.2, 0.25) is 0 Å². The van der Waals surface area contributed by atoms with E-state index in [0.29, 0.717) is 17.9 Å². The molecule has 0 bridgehead atoms. The van der Waals surface area contributed by atoms with Crippen LogP contribution in [-0.4, -0.2) is 36.1 Å². The fraction of sp³-hybridized carbons (Fsp3) is 0.250.